The van der Waals surface area contributed by atoms with Crippen molar-refractivity contribution in [1.82, 2.24) is 9.97 Å². The third kappa shape index (κ3) is 3.09. The average molecular weight is 189 g/mol. The van der Waals surface area contributed by atoms with Crippen molar-refractivity contribution in [3.63, 3.8) is 0 Å². The van der Waals surface area contributed by atoms with E-state index in [0.29, 0.717) is 0 Å². The van der Waals surface area contributed by atoms with Gasteiger partial charge in [0, 0.05) is 24.5 Å². The molecule has 0 saturated carbocycles. The summed E-state index contributed by atoms with van der Waals surface area (Å²) in [6.45, 7) is 4.91. The first-order valence-corrected chi connectivity index (χ1v) is 4.84. The predicted molar refractivity (Wildman–Crippen MR) is 59.3 cm³/mol. The Morgan fingerprint density at radius 3 is 2.93 bits per heavy atom. The van der Waals surface area contributed by atoms with Crippen LogP contribution in [-0.4, -0.2) is 22.7 Å². The van der Waals surface area contributed by atoms with Crippen molar-refractivity contribution in [2.24, 2.45) is 4.99 Å². The lowest BCUT2D eigenvalue weighted by Crippen LogP contribution is -1.91. The van der Waals surface area contributed by atoms with Crippen molar-refractivity contribution in [2.45, 2.75) is 20.3 Å². The number of aliphatic imine (C=N–C) groups is 1. The van der Waals surface area contributed by atoms with E-state index < -0.39 is 0 Å². The van der Waals surface area contributed by atoms with E-state index >= 15 is 0 Å². The normalized spacial score (nSPS) is 12.3. The lowest BCUT2D eigenvalue weighted by molar-refractivity contribution is 1.13. The zero-order valence-corrected chi connectivity index (χ0v) is 8.64. The summed E-state index contributed by atoms with van der Waals surface area (Å²) >= 11 is 0. The van der Waals surface area contributed by atoms with Gasteiger partial charge in [0.15, 0.2) is 0 Å². The zero-order valence-electron chi connectivity index (χ0n) is 8.64. The van der Waals surface area contributed by atoms with E-state index in [1.807, 2.05) is 19.2 Å². The van der Waals surface area contributed by atoms with Gasteiger partial charge in [0.25, 0.3) is 0 Å². The van der Waals surface area contributed by atoms with Gasteiger partial charge in [-0.2, -0.15) is 0 Å². The number of rotatable bonds is 4. The number of allylic oxidation sites excluding steroid dienone is 2. The predicted octanol–water partition coefficient (Wildman–Crippen LogP) is 2.36. The molecule has 74 valence electrons. The molecule has 1 aromatic heterocycles. The molecule has 0 fully saturated rings. The molecule has 0 amide bonds. The van der Waals surface area contributed by atoms with Gasteiger partial charge in [-0.1, -0.05) is 13.0 Å². The molecule has 1 heterocycles. The maximum Gasteiger partial charge on any atom is 0.116 e. The Hall–Kier alpha value is -1.51. The number of hydrogen-bond acceptors (Lipinski definition) is 3. The summed E-state index contributed by atoms with van der Waals surface area (Å²) in [6.07, 6.45) is 8.26. The summed E-state index contributed by atoms with van der Waals surface area (Å²) in [5.41, 5.74) is 2.00. The van der Waals surface area contributed by atoms with E-state index in [-0.39, 0.29) is 0 Å². The SMILES string of the molecule is CC/C=C(\C=NCC)c1ccncn1. The van der Waals surface area contributed by atoms with Crippen molar-refractivity contribution in [3.05, 3.63) is 30.4 Å². The van der Waals surface area contributed by atoms with Crippen LogP contribution in [0, 0.1) is 0 Å². The fraction of sp³-hybridized carbons (Fsp3) is 0.364. The molecular weight excluding hydrogens is 174 g/mol. The minimum atomic E-state index is 0.798. The van der Waals surface area contributed by atoms with Crippen LogP contribution in [0.5, 0.6) is 0 Å². The van der Waals surface area contributed by atoms with Crippen LogP contribution in [0.25, 0.3) is 5.57 Å². The van der Waals surface area contributed by atoms with Crippen molar-refractivity contribution < 1.29 is 0 Å². The Morgan fingerprint density at radius 1 is 1.50 bits per heavy atom. The quantitative estimate of drug-likeness (QED) is 0.682. The smallest absolute Gasteiger partial charge is 0.116 e. The summed E-state index contributed by atoms with van der Waals surface area (Å²) in [6, 6.07) is 1.89. The highest BCUT2D eigenvalue weighted by molar-refractivity contribution is 6.08. The minimum Gasteiger partial charge on any atom is -0.293 e. The molecule has 0 saturated heterocycles. The molecule has 1 aromatic rings. The van der Waals surface area contributed by atoms with Crippen LogP contribution in [0.2, 0.25) is 0 Å². The van der Waals surface area contributed by atoms with Gasteiger partial charge in [-0.05, 0) is 19.4 Å². The van der Waals surface area contributed by atoms with Gasteiger partial charge in [0.2, 0.25) is 0 Å². The van der Waals surface area contributed by atoms with Crippen LogP contribution in [0.1, 0.15) is 26.0 Å². The molecule has 3 nitrogen and oxygen atoms in total. The Morgan fingerprint density at radius 2 is 2.36 bits per heavy atom. The standard InChI is InChI=1S/C11H15N3/c1-3-5-10(8-12-4-2)11-6-7-13-9-14-11/h5-9H,3-4H2,1-2H3/b10-5+,12-8?. The Kier molecular flexibility index (Phi) is 4.55. The first kappa shape index (κ1) is 10.6. The topological polar surface area (TPSA) is 38.1 Å². The molecule has 0 atom stereocenters. The van der Waals surface area contributed by atoms with Crippen molar-refractivity contribution in [2.75, 3.05) is 6.54 Å². The largest absolute Gasteiger partial charge is 0.293 e. The van der Waals surface area contributed by atoms with Crippen LogP contribution in [0.15, 0.2) is 29.7 Å². The fourth-order valence-electron chi connectivity index (χ4n) is 1.09. The third-order valence-electron chi connectivity index (χ3n) is 1.71. The second-order valence-corrected chi connectivity index (χ2v) is 2.79. The van der Waals surface area contributed by atoms with Crippen LogP contribution in [-0.2, 0) is 0 Å². The van der Waals surface area contributed by atoms with Gasteiger partial charge >= 0.3 is 0 Å². The van der Waals surface area contributed by atoms with Crippen molar-refractivity contribution >= 4 is 11.8 Å². The number of aromatic nitrogens is 2. The first-order valence-electron chi connectivity index (χ1n) is 4.84. The maximum absolute atomic E-state index is 4.21. The lowest BCUT2D eigenvalue weighted by atomic mass is 10.1. The number of nitrogens with zero attached hydrogens (tertiary/aromatic N) is 3. The molecule has 0 spiro atoms. The van der Waals surface area contributed by atoms with Gasteiger partial charge in [0.1, 0.15) is 6.33 Å². The highest BCUT2D eigenvalue weighted by atomic mass is 14.8. The molecule has 1 rings (SSSR count). The maximum atomic E-state index is 4.21. The van der Waals surface area contributed by atoms with Gasteiger partial charge in [0.05, 0.1) is 5.69 Å². The van der Waals surface area contributed by atoms with E-state index in [1.165, 1.54) is 0 Å². The summed E-state index contributed by atoms with van der Waals surface area (Å²) in [5, 5.41) is 0. The van der Waals surface area contributed by atoms with E-state index in [9.17, 15) is 0 Å². The van der Waals surface area contributed by atoms with E-state index in [4.69, 9.17) is 0 Å². The summed E-state index contributed by atoms with van der Waals surface area (Å²) in [4.78, 5) is 12.3. The Labute approximate surface area is 84.6 Å². The van der Waals surface area contributed by atoms with Crippen LogP contribution >= 0.6 is 0 Å². The van der Waals surface area contributed by atoms with Crippen LogP contribution < -0.4 is 0 Å². The molecular formula is C11H15N3. The highest BCUT2D eigenvalue weighted by Gasteiger charge is 1.97. The molecule has 0 aliphatic carbocycles. The molecule has 0 bridgehead atoms. The summed E-state index contributed by atoms with van der Waals surface area (Å²) in [7, 11) is 0. The molecule has 0 aromatic carbocycles. The third-order valence-corrected chi connectivity index (χ3v) is 1.71. The zero-order chi connectivity index (χ0) is 10.2. The van der Waals surface area contributed by atoms with Crippen LogP contribution in [0.3, 0.4) is 0 Å². The van der Waals surface area contributed by atoms with Crippen molar-refractivity contribution in [3.8, 4) is 0 Å². The molecule has 0 N–H and O–H groups in total. The summed E-state index contributed by atoms with van der Waals surface area (Å²) < 4.78 is 0. The fourth-order valence-corrected chi connectivity index (χ4v) is 1.09. The van der Waals surface area contributed by atoms with Gasteiger partial charge in [-0.25, -0.2) is 9.97 Å². The molecule has 14 heavy (non-hydrogen) atoms. The van der Waals surface area contributed by atoms with Gasteiger partial charge in [-0.15, -0.1) is 0 Å². The van der Waals surface area contributed by atoms with E-state index in [1.54, 1.807) is 12.5 Å². The molecule has 0 radical (unpaired) electrons. The van der Waals surface area contributed by atoms with Gasteiger partial charge < -0.3 is 0 Å². The Balaban J connectivity index is 2.90. The number of hydrogen-bond donors (Lipinski definition) is 0. The molecule has 0 aliphatic heterocycles. The van der Waals surface area contributed by atoms with E-state index in [2.05, 4.69) is 28.0 Å². The van der Waals surface area contributed by atoms with E-state index in [0.717, 1.165) is 24.2 Å². The first-order chi connectivity index (χ1) is 6.88. The van der Waals surface area contributed by atoms with Crippen molar-refractivity contribution in [1.29, 1.82) is 0 Å². The second kappa shape index (κ2) is 6.02. The van der Waals surface area contributed by atoms with Crippen LogP contribution in [0.4, 0.5) is 0 Å². The second-order valence-electron chi connectivity index (χ2n) is 2.79. The monoisotopic (exact) mass is 189 g/mol. The molecule has 0 aliphatic rings. The average Bonchev–Trinajstić information content (AvgIpc) is 2.25. The minimum absolute atomic E-state index is 0.798. The molecule has 0 unspecified atom stereocenters. The van der Waals surface area contributed by atoms with Gasteiger partial charge in [-0.3, -0.25) is 4.99 Å². The molecule has 3 heteroatoms. The highest BCUT2D eigenvalue weighted by Crippen LogP contribution is 2.08. The summed E-state index contributed by atoms with van der Waals surface area (Å²) in [5.74, 6) is 0. The Bertz CT molecular complexity index is 315. The lowest BCUT2D eigenvalue weighted by Gasteiger charge is -1.99.